The van der Waals surface area contributed by atoms with Crippen LogP contribution in [0.1, 0.15) is 25.7 Å². The zero-order chi connectivity index (χ0) is 13.2. The Morgan fingerprint density at radius 3 is 2.95 bits per heavy atom. The second kappa shape index (κ2) is 5.39. The largest absolute Gasteiger partial charge is 0.376 e. The molecule has 0 aliphatic heterocycles. The van der Waals surface area contributed by atoms with E-state index in [2.05, 4.69) is 4.98 Å². The van der Waals surface area contributed by atoms with Crippen molar-refractivity contribution in [3.8, 4) is 0 Å². The van der Waals surface area contributed by atoms with Crippen LogP contribution in [0.4, 0.5) is 5.95 Å². The molecule has 5 heteroatoms. The van der Waals surface area contributed by atoms with Crippen molar-refractivity contribution in [1.29, 1.82) is 0 Å². The summed E-state index contributed by atoms with van der Waals surface area (Å²) in [5.41, 5.74) is 7.80. The summed E-state index contributed by atoms with van der Waals surface area (Å²) in [4.78, 5) is 4.33. The van der Waals surface area contributed by atoms with Gasteiger partial charge in [0.25, 0.3) is 0 Å². The zero-order valence-electron chi connectivity index (χ0n) is 10.8. The van der Waals surface area contributed by atoms with E-state index in [0.29, 0.717) is 23.7 Å². The van der Waals surface area contributed by atoms with E-state index in [1.54, 1.807) is 0 Å². The van der Waals surface area contributed by atoms with E-state index < -0.39 is 0 Å². The van der Waals surface area contributed by atoms with E-state index in [0.717, 1.165) is 17.6 Å². The number of hydrogen-bond donors (Lipinski definition) is 1. The van der Waals surface area contributed by atoms with E-state index in [1.807, 2.05) is 22.8 Å². The van der Waals surface area contributed by atoms with Gasteiger partial charge in [0, 0.05) is 11.6 Å². The highest BCUT2D eigenvalue weighted by atomic mass is 35.5. The first kappa shape index (κ1) is 12.8. The minimum absolute atomic E-state index is 0.436. The van der Waals surface area contributed by atoms with Gasteiger partial charge in [-0.3, -0.25) is 0 Å². The number of nitrogen functional groups attached to an aromatic ring is 1. The summed E-state index contributed by atoms with van der Waals surface area (Å²) in [7, 11) is 0. The Bertz CT molecular complexity index is 575. The average molecular weight is 280 g/mol. The van der Waals surface area contributed by atoms with Crippen molar-refractivity contribution in [3.63, 3.8) is 0 Å². The summed E-state index contributed by atoms with van der Waals surface area (Å²) in [5, 5.41) is 0.680. The number of fused-ring (bicyclic) bond motifs is 1. The summed E-state index contributed by atoms with van der Waals surface area (Å²) in [6.07, 6.45) is 5.40. The lowest BCUT2D eigenvalue weighted by Crippen LogP contribution is -2.14. The van der Waals surface area contributed by atoms with Gasteiger partial charge in [0.05, 0.1) is 23.7 Å². The second-order valence-electron chi connectivity index (χ2n) is 5.03. The first-order valence-electron chi connectivity index (χ1n) is 6.77. The number of nitrogens with two attached hydrogens (primary N) is 1. The fourth-order valence-electron chi connectivity index (χ4n) is 2.72. The molecule has 1 heterocycles. The summed E-state index contributed by atoms with van der Waals surface area (Å²) >= 11 is 5.96. The van der Waals surface area contributed by atoms with Crippen molar-refractivity contribution in [2.24, 2.45) is 0 Å². The molecule has 1 fully saturated rings. The lowest BCUT2D eigenvalue weighted by atomic mass is 10.3. The minimum Gasteiger partial charge on any atom is -0.376 e. The lowest BCUT2D eigenvalue weighted by Gasteiger charge is -2.12. The molecule has 3 rings (SSSR count). The molecule has 0 unspecified atom stereocenters. The summed E-state index contributed by atoms with van der Waals surface area (Å²) in [6.45, 7) is 1.42. The molecule has 0 radical (unpaired) electrons. The molecule has 102 valence electrons. The number of rotatable bonds is 4. The minimum atomic E-state index is 0.436. The van der Waals surface area contributed by atoms with Crippen molar-refractivity contribution in [2.45, 2.75) is 38.3 Å². The number of ether oxygens (including phenoxy) is 1. The second-order valence-corrected chi connectivity index (χ2v) is 5.47. The third kappa shape index (κ3) is 2.69. The Hall–Kier alpha value is -1.26. The molecule has 1 aromatic heterocycles. The van der Waals surface area contributed by atoms with Crippen LogP contribution in [0.2, 0.25) is 5.02 Å². The first-order valence-corrected chi connectivity index (χ1v) is 7.15. The topological polar surface area (TPSA) is 53.1 Å². The summed E-state index contributed by atoms with van der Waals surface area (Å²) < 4.78 is 7.86. The number of nitrogens with zero attached hydrogens (tertiary/aromatic N) is 2. The quantitative estimate of drug-likeness (QED) is 0.935. The highest BCUT2D eigenvalue weighted by molar-refractivity contribution is 6.31. The van der Waals surface area contributed by atoms with Crippen molar-refractivity contribution in [3.05, 3.63) is 23.2 Å². The van der Waals surface area contributed by atoms with E-state index in [-0.39, 0.29) is 0 Å². The molecule has 0 saturated heterocycles. The van der Waals surface area contributed by atoms with Gasteiger partial charge in [0.2, 0.25) is 5.95 Å². The van der Waals surface area contributed by atoms with Crippen LogP contribution >= 0.6 is 11.6 Å². The molecule has 0 bridgehead atoms. The number of hydrogen-bond acceptors (Lipinski definition) is 3. The van der Waals surface area contributed by atoms with Crippen LogP contribution in [-0.4, -0.2) is 22.3 Å². The normalized spacial score (nSPS) is 16.5. The standard InChI is InChI=1S/C14H18ClN3O/c15-10-5-6-13-12(9-10)17-14(16)18(13)7-8-19-11-3-1-2-4-11/h5-6,9,11H,1-4,7-8H2,(H2,16,17). The molecule has 1 aliphatic rings. The molecular weight excluding hydrogens is 262 g/mol. The SMILES string of the molecule is Nc1nc2cc(Cl)ccc2n1CCOC1CCCC1. The number of anilines is 1. The Labute approximate surface area is 117 Å². The fourth-order valence-corrected chi connectivity index (χ4v) is 2.89. The Kier molecular flexibility index (Phi) is 3.62. The molecule has 1 aliphatic carbocycles. The van der Waals surface area contributed by atoms with Gasteiger partial charge in [-0.15, -0.1) is 0 Å². The molecule has 2 N–H and O–H groups in total. The van der Waals surface area contributed by atoms with Crippen LogP contribution in [0.25, 0.3) is 11.0 Å². The van der Waals surface area contributed by atoms with Crippen molar-refractivity contribution in [1.82, 2.24) is 9.55 Å². The predicted molar refractivity (Wildman–Crippen MR) is 77.4 cm³/mol. The lowest BCUT2D eigenvalue weighted by molar-refractivity contribution is 0.0537. The Balaban J connectivity index is 1.71. The van der Waals surface area contributed by atoms with Gasteiger partial charge in [-0.25, -0.2) is 4.98 Å². The van der Waals surface area contributed by atoms with E-state index in [1.165, 1.54) is 25.7 Å². The first-order chi connectivity index (χ1) is 9.24. The Morgan fingerprint density at radius 1 is 1.37 bits per heavy atom. The van der Waals surface area contributed by atoms with Gasteiger partial charge in [-0.2, -0.15) is 0 Å². The summed E-state index contributed by atoms with van der Waals surface area (Å²) in [6, 6.07) is 5.65. The van der Waals surface area contributed by atoms with Gasteiger partial charge < -0.3 is 15.0 Å². The highest BCUT2D eigenvalue weighted by Gasteiger charge is 2.15. The molecule has 0 atom stereocenters. The maximum absolute atomic E-state index is 5.96. The molecule has 4 nitrogen and oxygen atoms in total. The molecule has 0 amide bonds. The Morgan fingerprint density at radius 2 is 2.16 bits per heavy atom. The van der Waals surface area contributed by atoms with Crippen LogP contribution in [-0.2, 0) is 11.3 Å². The van der Waals surface area contributed by atoms with E-state index >= 15 is 0 Å². The molecule has 0 spiro atoms. The van der Waals surface area contributed by atoms with Crippen LogP contribution in [0.5, 0.6) is 0 Å². The van der Waals surface area contributed by atoms with Gasteiger partial charge in [-0.05, 0) is 31.0 Å². The molecule has 1 aromatic carbocycles. The molecular formula is C14H18ClN3O. The van der Waals surface area contributed by atoms with Gasteiger partial charge in [-0.1, -0.05) is 24.4 Å². The molecule has 2 aromatic rings. The molecule has 19 heavy (non-hydrogen) atoms. The van der Waals surface area contributed by atoms with Gasteiger partial charge in [0.1, 0.15) is 0 Å². The number of benzene rings is 1. The third-order valence-electron chi connectivity index (χ3n) is 3.71. The van der Waals surface area contributed by atoms with Crippen molar-refractivity contribution in [2.75, 3.05) is 12.3 Å². The van der Waals surface area contributed by atoms with Crippen LogP contribution in [0.15, 0.2) is 18.2 Å². The van der Waals surface area contributed by atoms with Crippen LogP contribution in [0, 0.1) is 0 Å². The van der Waals surface area contributed by atoms with Crippen LogP contribution in [0.3, 0.4) is 0 Å². The van der Waals surface area contributed by atoms with Crippen molar-refractivity contribution < 1.29 is 4.74 Å². The van der Waals surface area contributed by atoms with Gasteiger partial charge >= 0.3 is 0 Å². The average Bonchev–Trinajstić information content (AvgIpc) is 2.98. The van der Waals surface area contributed by atoms with Crippen molar-refractivity contribution >= 4 is 28.6 Å². The monoisotopic (exact) mass is 279 g/mol. The molecule has 1 saturated carbocycles. The van der Waals surface area contributed by atoms with E-state index in [4.69, 9.17) is 22.1 Å². The highest BCUT2D eigenvalue weighted by Crippen LogP contribution is 2.23. The van der Waals surface area contributed by atoms with Gasteiger partial charge in [0.15, 0.2) is 0 Å². The predicted octanol–water partition coefficient (Wildman–Crippen LogP) is 3.23. The fraction of sp³-hybridized carbons (Fsp3) is 0.500. The number of imidazole rings is 1. The number of halogens is 1. The summed E-state index contributed by atoms with van der Waals surface area (Å²) in [5.74, 6) is 0.521. The zero-order valence-corrected chi connectivity index (χ0v) is 11.6. The maximum Gasteiger partial charge on any atom is 0.201 e. The maximum atomic E-state index is 5.96. The van der Waals surface area contributed by atoms with Crippen LogP contribution < -0.4 is 5.73 Å². The third-order valence-corrected chi connectivity index (χ3v) is 3.95. The van der Waals surface area contributed by atoms with E-state index in [9.17, 15) is 0 Å². The smallest absolute Gasteiger partial charge is 0.201 e. The number of aromatic nitrogens is 2.